The number of ketones is 1. The Kier molecular flexibility index (Phi) is 2.29. The van der Waals surface area contributed by atoms with Gasteiger partial charge in [-0.3, -0.25) is 9.59 Å². The number of Topliss-reactive ketones (excluding diaryl/α,β-unsaturated/α-hetero) is 1. The van der Waals surface area contributed by atoms with Crippen LogP contribution in [0.3, 0.4) is 0 Å². The number of fused-ring (bicyclic) bond motifs is 3. The SMILES string of the molecule is O=C1C[C@H]2c3cc4c(cc3CCN3C(=O)CC[C@]23C1)OCO4. The number of hydrogen-bond acceptors (Lipinski definition) is 4. The lowest BCUT2D eigenvalue weighted by atomic mass is 9.79. The van der Waals surface area contributed by atoms with Crippen LogP contribution in [0, 0.1) is 0 Å². The third-order valence-electron chi connectivity index (χ3n) is 5.81. The molecule has 0 aromatic heterocycles. The van der Waals surface area contributed by atoms with Gasteiger partial charge < -0.3 is 14.4 Å². The highest BCUT2D eigenvalue weighted by atomic mass is 16.7. The summed E-state index contributed by atoms with van der Waals surface area (Å²) in [5, 5.41) is 0. The van der Waals surface area contributed by atoms with Gasteiger partial charge in [0.15, 0.2) is 11.5 Å². The molecule has 5 rings (SSSR count). The van der Waals surface area contributed by atoms with Gasteiger partial charge in [-0.25, -0.2) is 0 Å². The van der Waals surface area contributed by atoms with E-state index in [0.29, 0.717) is 25.8 Å². The maximum absolute atomic E-state index is 12.3. The van der Waals surface area contributed by atoms with Crippen molar-refractivity contribution < 1.29 is 19.1 Å². The molecule has 114 valence electrons. The first-order chi connectivity index (χ1) is 10.7. The fourth-order valence-corrected chi connectivity index (χ4v) is 4.86. The van der Waals surface area contributed by atoms with Gasteiger partial charge in [0.25, 0.3) is 0 Å². The third kappa shape index (κ3) is 1.44. The molecule has 0 bridgehead atoms. The van der Waals surface area contributed by atoms with E-state index in [9.17, 15) is 9.59 Å². The maximum Gasteiger partial charge on any atom is 0.231 e. The van der Waals surface area contributed by atoms with Gasteiger partial charge >= 0.3 is 0 Å². The zero-order chi connectivity index (χ0) is 14.9. The summed E-state index contributed by atoms with van der Waals surface area (Å²) < 4.78 is 11.0. The highest BCUT2D eigenvalue weighted by molar-refractivity contribution is 5.89. The molecule has 5 heteroatoms. The van der Waals surface area contributed by atoms with Crippen molar-refractivity contribution in [1.82, 2.24) is 4.90 Å². The molecule has 1 aromatic rings. The summed E-state index contributed by atoms with van der Waals surface area (Å²) in [6, 6.07) is 4.09. The van der Waals surface area contributed by atoms with Crippen LogP contribution in [-0.4, -0.2) is 35.5 Å². The summed E-state index contributed by atoms with van der Waals surface area (Å²) in [6.45, 7) is 0.965. The molecule has 1 aromatic carbocycles. The number of benzene rings is 1. The van der Waals surface area contributed by atoms with Crippen LogP contribution in [0.1, 0.15) is 42.7 Å². The van der Waals surface area contributed by atoms with E-state index >= 15 is 0 Å². The van der Waals surface area contributed by atoms with Gasteiger partial charge in [0.2, 0.25) is 12.7 Å². The Morgan fingerprint density at radius 1 is 1.14 bits per heavy atom. The first-order valence-corrected chi connectivity index (χ1v) is 7.92. The van der Waals surface area contributed by atoms with Crippen molar-refractivity contribution in [2.45, 2.75) is 43.6 Å². The number of carbonyl (C=O) groups is 2. The van der Waals surface area contributed by atoms with Gasteiger partial charge in [-0.1, -0.05) is 0 Å². The molecule has 0 unspecified atom stereocenters. The number of carbonyl (C=O) groups excluding carboxylic acids is 2. The van der Waals surface area contributed by atoms with E-state index in [1.807, 2.05) is 11.0 Å². The maximum atomic E-state index is 12.3. The Morgan fingerprint density at radius 3 is 2.82 bits per heavy atom. The van der Waals surface area contributed by atoms with Crippen LogP contribution in [0.15, 0.2) is 12.1 Å². The summed E-state index contributed by atoms with van der Waals surface area (Å²) in [5.74, 6) is 2.14. The zero-order valence-corrected chi connectivity index (χ0v) is 12.3. The van der Waals surface area contributed by atoms with Crippen LogP contribution >= 0.6 is 0 Å². The standard InChI is InChI=1S/C17H17NO4/c19-11-6-13-12-7-15-14(21-9-22-15)5-10(12)2-4-18-16(20)1-3-17(13,18)8-11/h5,7,13H,1-4,6,8-9H2/t13-,17-/m0/s1. The summed E-state index contributed by atoms with van der Waals surface area (Å²) in [4.78, 5) is 26.5. The molecule has 2 atom stereocenters. The van der Waals surface area contributed by atoms with Crippen molar-refractivity contribution in [2.24, 2.45) is 0 Å². The zero-order valence-electron chi connectivity index (χ0n) is 12.3. The molecule has 0 N–H and O–H groups in total. The molecule has 22 heavy (non-hydrogen) atoms. The molecule has 1 aliphatic carbocycles. The minimum absolute atomic E-state index is 0.110. The van der Waals surface area contributed by atoms with Crippen LogP contribution in [0.25, 0.3) is 0 Å². The molecule has 1 saturated carbocycles. The summed E-state index contributed by atoms with van der Waals surface area (Å²) in [5.41, 5.74) is 2.10. The molecule has 3 aliphatic heterocycles. The van der Waals surface area contributed by atoms with Crippen molar-refractivity contribution in [3.8, 4) is 11.5 Å². The molecule has 1 amide bonds. The molecule has 4 aliphatic rings. The number of ether oxygens (including phenoxy) is 2. The summed E-state index contributed by atoms with van der Waals surface area (Å²) in [7, 11) is 0. The Labute approximate surface area is 128 Å². The quantitative estimate of drug-likeness (QED) is 0.733. The minimum atomic E-state index is -0.285. The topological polar surface area (TPSA) is 55.8 Å². The number of hydrogen-bond donors (Lipinski definition) is 0. The van der Waals surface area contributed by atoms with E-state index in [-0.39, 0.29) is 29.9 Å². The molecular weight excluding hydrogens is 282 g/mol. The highest BCUT2D eigenvalue weighted by Gasteiger charge is 2.57. The molecule has 1 saturated heterocycles. The number of rotatable bonds is 0. The predicted octanol–water partition coefficient (Wildman–Crippen LogP) is 1.78. The van der Waals surface area contributed by atoms with Crippen LogP contribution in [0.4, 0.5) is 0 Å². The van der Waals surface area contributed by atoms with E-state index in [0.717, 1.165) is 24.3 Å². The summed E-state index contributed by atoms with van der Waals surface area (Å²) in [6.07, 6.45) is 3.25. The second-order valence-corrected chi connectivity index (χ2v) is 6.78. The van der Waals surface area contributed by atoms with Crippen molar-refractivity contribution in [3.05, 3.63) is 23.3 Å². The highest BCUT2D eigenvalue weighted by Crippen LogP contribution is 2.54. The predicted molar refractivity (Wildman–Crippen MR) is 76.9 cm³/mol. The molecule has 0 radical (unpaired) electrons. The van der Waals surface area contributed by atoms with Crippen molar-refractivity contribution in [3.63, 3.8) is 0 Å². The minimum Gasteiger partial charge on any atom is -0.454 e. The molecule has 2 fully saturated rings. The van der Waals surface area contributed by atoms with Crippen molar-refractivity contribution >= 4 is 11.7 Å². The fourth-order valence-electron chi connectivity index (χ4n) is 4.86. The average molecular weight is 299 g/mol. The van der Waals surface area contributed by atoms with Gasteiger partial charge in [-0.2, -0.15) is 0 Å². The lowest BCUT2D eigenvalue weighted by molar-refractivity contribution is -0.131. The summed E-state index contributed by atoms with van der Waals surface area (Å²) >= 11 is 0. The van der Waals surface area contributed by atoms with E-state index in [2.05, 4.69) is 6.07 Å². The Morgan fingerprint density at radius 2 is 1.95 bits per heavy atom. The van der Waals surface area contributed by atoms with Gasteiger partial charge in [0.1, 0.15) is 5.78 Å². The fraction of sp³-hybridized carbons (Fsp3) is 0.529. The largest absolute Gasteiger partial charge is 0.454 e. The second kappa shape index (κ2) is 4.03. The Balaban J connectivity index is 1.70. The van der Waals surface area contributed by atoms with E-state index in [4.69, 9.17) is 9.47 Å². The van der Waals surface area contributed by atoms with Crippen LogP contribution < -0.4 is 9.47 Å². The van der Waals surface area contributed by atoms with Crippen LogP contribution in [0.5, 0.6) is 11.5 Å². The lowest BCUT2D eigenvalue weighted by Crippen LogP contribution is -2.47. The first-order valence-electron chi connectivity index (χ1n) is 7.92. The molecule has 3 heterocycles. The number of nitrogens with zero attached hydrogens (tertiary/aromatic N) is 1. The molecule has 1 spiro atoms. The molecular formula is C17H17NO4. The van der Waals surface area contributed by atoms with Crippen molar-refractivity contribution in [1.29, 1.82) is 0 Å². The average Bonchev–Trinajstić information content (AvgIpc) is 3.14. The normalized spacial score (nSPS) is 31.8. The smallest absolute Gasteiger partial charge is 0.231 e. The van der Waals surface area contributed by atoms with E-state index in [1.165, 1.54) is 11.1 Å². The van der Waals surface area contributed by atoms with E-state index in [1.54, 1.807) is 0 Å². The molecule has 5 nitrogen and oxygen atoms in total. The third-order valence-corrected chi connectivity index (χ3v) is 5.81. The lowest BCUT2D eigenvalue weighted by Gasteiger charge is -2.38. The van der Waals surface area contributed by atoms with Gasteiger partial charge in [0, 0.05) is 31.7 Å². The second-order valence-electron chi connectivity index (χ2n) is 6.78. The monoisotopic (exact) mass is 299 g/mol. The number of amides is 1. The van der Waals surface area contributed by atoms with Gasteiger partial charge in [0.05, 0.1) is 5.54 Å². The van der Waals surface area contributed by atoms with E-state index < -0.39 is 0 Å². The van der Waals surface area contributed by atoms with Crippen LogP contribution in [-0.2, 0) is 16.0 Å². The Hall–Kier alpha value is -2.04. The van der Waals surface area contributed by atoms with Gasteiger partial charge in [-0.15, -0.1) is 0 Å². The van der Waals surface area contributed by atoms with Crippen molar-refractivity contribution in [2.75, 3.05) is 13.3 Å². The van der Waals surface area contributed by atoms with Crippen LogP contribution in [0.2, 0.25) is 0 Å². The first kappa shape index (κ1) is 12.5. The van der Waals surface area contributed by atoms with Gasteiger partial charge in [-0.05, 0) is 36.1 Å². The Bertz CT molecular complexity index is 713.